The summed E-state index contributed by atoms with van der Waals surface area (Å²) in [6.45, 7) is 8.08. The normalized spacial score (nSPS) is 11.2. The standard InChI is InChI=1S/C29H31N3O3/c1-5-16-31(28(34)23-13-12-21-8-6-7-9-22(21)17-23)18-25(33)26-27(19(2)3)30-32(29(26)35)24-14-10-20(4)11-15-24/h6-15,17,19,30H,5,16,18H2,1-4H3. The minimum Gasteiger partial charge on any atom is -0.331 e. The predicted molar refractivity (Wildman–Crippen MR) is 140 cm³/mol. The van der Waals surface area contributed by atoms with Crippen molar-refractivity contribution < 1.29 is 9.59 Å². The van der Waals surface area contributed by atoms with Crippen LogP contribution < -0.4 is 5.56 Å². The number of aryl methyl sites for hydroxylation is 1. The second kappa shape index (κ2) is 10.1. The summed E-state index contributed by atoms with van der Waals surface area (Å²) in [5.41, 5.74) is 2.58. The molecule has 0 radical (unpaired) electrons. The molecule has 0 bridgehead atoms. The van der Waals surface area contributed by atoms with Crippen molar-refractivity contribution in [1.29, 1.82) is 0 Å². The first-order chi connectivity index (χ1) is 16.8. The number of fused-ring (bicyclic) bond motifs is 1. The molecule has 0 fully saturated rings. The Labute approximate surface area is 205 Å². The van der Waals surface area contributed by atoms with Gasteiger partial charge in [0.2, 0.25) is 0 Å². The zero-order chi connectivity index (χ0) is 25.1. The molecule has 0 saturated carbocycles. The molecule has 35 heavy (non-hydrogen) atoms. The van der Waals surface area contributed by atoms with E-state index < -0.39 is 5.56 Å². The minimum atomic E-state index is -0.392. The number of nitrogens with zero attached hydrogens (tertiary/aromatic N) is 2. The first-order valence-corrected chi connectivity index (χ1v) is 12.0. The molecule has 6 heteroatoms. The topological polar surface area (TPSA) is 75.2 Å². The third-order valence-corrected chi connectivity index (χ3v) is 6.18. The Bertz CT molecular complexity index is 1430. The molecule has 1 heterocycles. The van der Waals surface area contributed by atoms with Crippen molar-refractivity contribution in [3.8, 4) is 5.69 Å². The molecule has 0 unspecified atom stereocenters. The highest BCUT2D eigenvalue weighted by atomic mass is 16.2. The zero-order valence-corrected chi connectivity index (χ0v) is 20.7. The number of nitrogens with one attached hydrogen (secondary N) is 1. The summed E-state index contributed by atoms with van der Waals surface area (Å²) in [7, 11) is 0. The van der Waals surface area contributed by atoms with Crippen molar-refractivity contribution in [3.63, 3.8) is 0 Å². The Kier molecular flexibility index (Phi) is 7.01. The van der Waals surface area contributed by atoms with Gasteiger partial charge in [-0.2, -0.15) is 0 Å². The number of hydrogen-bond donors (Lipinski definition) is 1. The Morgan fingerprint density at radius 3 is 2.31 bits per heavy atom. The average molecular weight is 470 g/mol. The lowest BCUT2D eigenvalue weighted by Gasteiger charge is -2.21. The lowest BCUT2D eigenvalue weighted by molar-refractivity contribution is 0.0709. The van der Waals surface area contributed by atoms with Gasteiger partial charge in [-0.25, -0.2) is 4.68 Å². The highest BCUT2D eigenvalue weighted by molar-refractivity contribution is 6.04. The van der Waals surface area contributed by atoms with Crippen LogP contribution in [-0.2, 0) is 0 Å². The van der Waals surface area contributed by atoms with Gasteiger partial charge in [0, 0.05) is 12.1 Å². The van der Waals surface area contributed by atoms with E-state index in [0.29, 0.717) is 29.9 Å². The Hall–Kier alpha value is -3.93. The molecule has 4 aromatic rings. The number of benzene rings is 3. The Morgan fingerprint density at radius 2 is 1.66 bits per heavy atom. The van der Waals surface area contributed by atoms with E-state index in [9.17, 15) is 14.4 Å². The summed E-state index contributed by atoms with van der Waals surface area (Å²) in [6.07, 6.45) is 0.699. The molecule has 1 aromatic heterocycles. The van der Waals surface area contributed by atoms with E-state index in [2.05, 4.69) is 5.10 Å². The van der Waals surface area contributed by atoms with Gasteiger partial charge >= 0.3 is 0 Å². The number of carbonyl (C=O) groups is 2. The van der Waals surface area contributed by atoms with E-state index in [-0.39, 0.29) is 29.7 Å². The maximum Gasteiger partial charge on any atom is 0.282 e. The number of rotatable bonds is 8. The summed E-state index contributed by atoms with van der Waals surface area (Å²) in [5.74, 6) is -0.640. The molecule has 1 N–H and O–H groups in total. The van der Waals surface area contributed by atoms with Crippen molar-refractivity contribution in [3.05, 3.63) is 99.5 Å². The van der Waals surface area contributed by atoms with E-state index in [0.717, 1.165) is 16.3 Å². The molecule has 0 saturated heterocycles. The largest absolute Gasteiger partial charge is 0.331 e. The number of aromatic amines is 1. The van der Waals surface area contributed by atoms with E-state index in [1.165, 1.54) is 4.68 Å². The van der Waals surface area contributed by atoms with Gasteiger partial charge in [0.25, 0.3) is 11.5 Å². The van der Waals surface area contributed by atoms with Crippen molar-refractivity contribution >= 4 is 22.5 Å². The van der Waals surface area contributed by atoms with Crippen molar-refractivity contribution in [1.82, 2.24) is 14.7 Å². The number of H-pyrrole nitrogens is 1. The zero-order valence-electron chi connectivity index (χ0n) is 20.7. The molecule has 0 aliphatic rings. The molecule has 3 aromatic carbocycles. The third kappa shape index (κ3) is 4.97. The maximum absolute atomic E-state index is 13.5. The van der Waals surface area contributed by atoms with Crippen LogP contribution in [0.3, 0.4) is 0 Å². The Balaban J connectivity index is 1.67. The predicted octanol–water partition coefficient (Wildman–Crippen LogP) is 5.49. The highest BCUT2D eigenvalue weighted by Gasteiger charge is 2.27. The van der Waals surface area contributed by atoms with E-state index in [1.54, 1.807) is 11.0 Å². The van der Waals surface area contributed by atoms with Crippen molar-refractivity contribution in [2.45, 2.75) is 40.0 Å². The smallest absolute Gasteiger partial charge is 0.282 e. The fraction of sp³-hybridized carbons (Fsp3) is 0.276. The van der Waals surface area contributed by atoms with Gasteiger partial charge in [0.05, 0.1) is 17.9 Å². The molecule has 6 nitrogen and oxygen atoms in total. The first kappa shape index (κ1) is 24.2. The molecule has 0 aliphatic heterocycles. The summed E-state index contributed by atoms with van der Waals surface area (Å²) in [5, 5.41) is 5.15. The number of hydrogen-bond acceptors (Lipinski definition) is 3. The van der Waals surface area contributed by atoms with Gasteiger partial charge in [-0.05, 0) is 54.3 Å². The molecular formula is C29H31N3O3. The summed E-state index contributed by atoms with van der Waals surface area (Å²) in [4.78, 5) is 41.8. The number of carbonyl (C=O) groups excluding carboxylic acids is 2. The summed E-state index contributed by atoms with van der Waals surface area (Å²) >= 11 is 0. The molecule has 1 amide bonds. The fourth-order valence-corrected chi connectivity index (χ4v) is 4.30. The van der Waals surface area contributed by atoms with Gasteiger partial charge in [0.1, 0.15) is 5.56 Å². The van der Waals surface area contributed by atoms with Gasteiger partial charge < -0.3 is 4.90 Å². The van der Waals surface area contributed by atoms with Crippen LogP contribution in [0.5, 0.6) is 0 Å². The van der Waals surface area contributed by atoms with E-state index >= 15 is 0 Å². The lowest BCUT2D eigenvalue weighted by atomic mass is 10.0. The first-order valence-electron chi connectivity index (χ1n) is 12.0. The second-order valence-electron chi connectivity index (χ2n) is 9.24. The SMILES string of the molecule is CCCN(CC(=O)c1c(C(C)C)[nH]n(-c2ccc(C)cc2)c1=O)C(=O)c1ccc2ccccc2c1. The number of Topliss-reactive ketones (excluding diaryl/α,β-unsaturated/α-hetero) is 1. The molecule has 0 spiro atoms. The monoisotopic (exact) mass is 469 g/mol. The van der Waals surface area contributed by atoms with Crippen molar-refractivity contribution in [2.75, 3.05) is 13.1 Å². The molecule has 4 rings (SSSR count). The van der Waals surface area contributed by atoms with Crippen LogP contribution in [0.25, 0.3) is 16.5 Å². The van der Waals surface area contributed by atoms with E-state index in [1.807, 2.05) is 88.4 Å². The molecule has 180 valence electrons. The molecule has 0 atom stereocenters. The Morgan fingerprint density at radius 1 is 0.971 bits per heavy atom. The fourth-order valence-electron chi connectivity index (χ4n) is 4.30. The number of amides is 1. The van der Waals surface area contributed by atoms with Crippen LogP contribution in [0.1, 0.15) is 65.1 Å². The third-order valence-electron chi connectivity index (χ3n) is 6.18. The van der Waals surface area contributed by atoms with Crippen molar-refractivity contribution in [2.24, 2.45) is 0 Å². The average Bonchev–Trinajstić information content (AvgIpc) is 3.21. The number of aromatic nitrogens is 2. The maximum atomic E-state index is 13.5. The summed E-state index contributed by atoms with van der Waals surface area (Å²) < 4.78 is 1.41. The van der Waals surface area contributed by atoms with Crippen LogP contribution in [0, 0.1) is 6.92 Å². The van der Waals surface area contributed by atoms with Gasteiger partial charge in [-0.1, -0.05) is 68.8 Å². The summed E-state index contributed by atoms with van der Waals surface area (Å²) in [6, 6.07) is 20.9. The quantitative estimate of drug-likeness (QED) is 0.347. The van der Waals surface area contributed by atoms with Gasteiger partial charge in [0.15, 0.2) is 5.78 Å². The van der Waals surface area contributed by atoms with Crippen LogP contribution in [0.15, 0.2) is 71.5 Å². The van der Waals surface area contributed by atoms with Crippen LogP contribution in [0.4, 0.5) is 0 Å². The van der Waals surface area contributed by atoms with Gasteiger partial charge in [-0.3, -0.25) is 19.5 Å². The minimum absolute atomic E-state index is 0.0656. The lowest BCUT2D eigenvalue weighted by Crippen LogP contribution is -2.38. The molecule has 0 aliphatic carbocycles. The van der Waals surface area contributed by atoms with Crippen LogP contribution in [0.2, 0.25) is 0 Å². The molecular weight excluding hydrogens is 438 g/mol. The van der Waals surface area contributed by atoms with Gasteiger partial charge in [-0.15, -0.1) is 0 Å². The number of ketones is 1. The van der Waals surface area contributed by atoms with E-state index in [4.69, 9.17) is 0 Å². The second-order valence-corrected chi connectivity index (χ2v) is 9.24. The van der Waals surface area contributed by atoms with Crippen LogP contribution in [-0.4, -0.2) is 39.5 Å². The van der Waals surface area contributed by atoms with Crippen LogP contribution >= 0.6 is 0 Å². The highest BCUT2D eigenvalue weighted by Crippen LogP contribution is 2.20.